The van der Waals surface area contributed by atoms with Crippen LogP contribution < -0.4 is 0 Å². The van der Waals surface area contributed by atoms with E-state index in [2.05, 4.69) is 46.3 Å². The number of aromatic nitrogens is 3. The van der Waals surface area contributed by atoms with Gasteiger partial charge in [-0.25, -0.2) is 0 Å². The second-order valence-electron chi connectivity index (χ2n) is 7.29. The largest absolute Gasteiger partial charge is 0.334 e. The molecule has 134 valence electrons. The number of pyridine rings is 1. The summed E-state index contributed by atoms with van der Waals surface area (Å²) in [4.78, 5) is 8.53. The van der Waals surface area contributed by atoms with Gasteiger partial charge >= 0.3 is 0 Å². The third-order valence-corrected chi connectivity index (χ3v) is 5.54. The van der Waals surface area contributed by atoms with E-state index in [-0.39, 0.29) is 0 Å². The van der Waals surface area contributed by atoms with Crippen molar-refractivity contribution >= 4 is 0 Å². The molecule has 2 heterocycles. The minimum atomic E-state index is 0.528. The summed E-state index contributed by atoms with van der Waals surface area (Å²) < 4.78 is 5.40. The third-order valence-electron chi connectivity index (χ3n) is 5.54. The first-order valence-corrected chi connectivity index (χ1v) is 9.68. The van der Waals surface area contributed by atoms with Crippen molar-refractivity contribution in [3.05, 3.63) is 54.4 Å². The summed E-state index contributed by atoms with van der Waals surface area (Å²) in [6.45, 7) is 2.29. The molecule has 1 saturated carbocycles. The normalized spacial score (nSPS) is 20.2. The van der Waals surface area contributed by atoms with Crippen LogP contribution in [0.1, 0.15) is 56.9 Å². The van der Waals surface area contributed by atoms with Crippen LogP contribution in [0.25, 0.3) is 22.8 Å². The lowest BCUT2D eigenvalue weighted by molar-refractivity contribution is 0.308. The molecule has 4 nitrogen and oxygen atoms in total. The molecule has 0 bridgehead atoms. The average molecular weight is 347 g/mol. The summed E-state index contributed by atoms with van der Waals surface area (Å²) in [6.07, 6.45) is 11.5. The van der Waals surface area contributed by atoms with Gasteiger partial charge in [0.1, 0.15) is 0 Å². The first-order chi connectivity index (χ1) is 12.8. The van der Waals surface area contributed by atoms with Crippen LogP contribution in [0.15, 0.2) is 53.3 Å². The van der Waals surface area contributed by atoms with Gasteiger partial charge in [-0.2, -0.15) is 4.98 Å². The van der Waals surface area contributed by atoms with Gasteiger partial charge in [-0.1, -0.05) is 49.2 Å². The van der Waals surface area contributed by atoms with Crippen LogP contribution in [0.5, 0.6) is 0 Å². The van der Waals surface area contributed by atoms with E-state index in [0.29, 0.717) is 17.6 Å². The Morgan fingerprint density at radius 1 is 0.923 bits per heavy atom. The van der Waals surface area contributed by atoms with Crippen LogP contribution in [0.4, 0.5) is 0 Å². The van der Waals surface area contributed by atoms with Crippen LogP contribution >= 0.6 is 0 Å². The Balaban J connectivity index is 1.45. The summed E-state index contributed by atoms with van der Waals surface area (Å²) in [6, 6.07) is 12.5. The molecule has 0 aliphatic heterocycles. The van der Waals surface area contributed by atoms with E-state index in [4.69, 9.17) is 4.52 Å². The standard InChI is InChI=1S/C22H25N3O/c1-2-3-16-4-6-17(7-5-16)18-8-10-19(11-9-18)21-24-22(26-25-21)20-12-14-23-15-13-20/h8-17H,2-7H2,1H3. The van der Waals surface area contributed by atoms with Crippen molar-refractivity contribution in [2.45, 2.75) is 51.4 Å². The van der Waals surface area contributed by atoms with E-state index in [0.717, 1.165) is 17.0 Å². The van der Waals surface area contributed by atoms with E-state index in [1.807, 2.05) is 12.1 Å². The second-order valence-corrected chi connectivity index (χ2v) is 7.29. The highest BCUT2D eigenvalue weighted by Gasteiger charge is 2.22. The SMILES string of the molecule is CCCC1CCC(c2ccc(-c3noc(-c4ccncc4)n3)cc2)CC1. The fourth-order valence-corrected chi connectivity index (χ4v) is 4.05. The van der Waals surface area contributed by atoms with Gasteiger partial charge in [-0.3, -0.25) is 4.98 Å². The Labute approximate surface area is 154 Å². The summed E-state index contributed by atoms with van der Waals surface area (Å²) in [5.74, 6) is 2.81. The molecule has 4 rings (SSSR count). The second kappa shape index (κ2) is 7.81. The number of hydrogen-bond donors (Lipinski definition) is 0. The van der Waals surface area contributed by atoms with Gasteiger partial charge in [0, 0.05) is 23.5 Å². The van der Waals surface area contributed by atoms with E-state index in [9.17, 15) is 0 Å². The molecule has 1 aliphatic carbocycles. The smallest absolute Gasteiger partial charge is 0.258 e. The van der Waals surface area contributed by atoms with Crippen molar-refractivity contribution in [3.63, 3.8) is 0 Å². The predicted molar refractivity (Wildman–Crippen MR) is 103 cm³/mol. The van der Waals surface area contributed by atoms with Crippen LogP contribution in [-0.4, -0.2) is 15.1 Å². The number of nitrogens with zero attached hydrogens (tertiary/aromatic N) is 3. The minimum Gasteiger partial charge on any atom is -0.334 e. The quantitative estimate of drug-likeness (QED) is 0.579. The Hall–Kier alpha value is -2.49. The van der Waals surface area contributed by atoms with Crippen LogP contribution in [0.2, 0.25) is 0 Å². The summed E-state index contributed by atoms with van der Waals surface area (Å²) in [5, 5.41) is 4.13. The van der Waals surface area contributed by atoms with Gasteiger partial charge < -0.3 is 4.52 Å². The maximum absolute atomic E-state index is 5.40. The van der Waals surface area contributed by atoms with Crippen molar-refractivity contribution in [1.29, 1.82) is 0 Å². The first kappa shape index (κ1) is 17.0. The lowest BCUT2D eigenvalue weighted by Gasteiger charge is -2.28. The predicted octanol–water partition coefficient (Wildman–Crippen LogP) is 5.87. The van der Waals surface area contributed by atoms with Crippen molar-refractivity contribution in [1.82, 2.24) is 15.1 Å². The monoisotopic (exact) mass is 347 g/mol. The molecule has 1 fully saturated rings. The number of hydrogen-bond acceptors (Lipinski definition) is 4. The van der Waals surface area contributed by atoms with E-state index in [1.54, 1.807) is 12.4 Å². The van der Waals surface area contributed by atoms with Gasteiger partial charge in [0.05, 0.1) is 0 Å². The molecule has 0 radical (unpaired) electrons. The fourth-order valence-electron chi connectivity index (χ4n) is 4.05. The molecule has 26 heavy (non-hydrogen) atoms. The zero-order valence-corrected chi connectivity index (χ0v) is 15.3. The van der Waals surface area contributed by atoms with Crippen molar-refractivity contribution < 1.29 is 4.52 Å². The molecule has 0 amide bonds. The summed E-state index contributed by atoms with van der Waals surface area (Å²) >= 11 is 0. The topological polar surface area (TPSA) is 51.8 Å². The van der Waals surface area contributed by atoms with Crippen molar-refractivity contribution in [3.8, 4) is 22.8 Å². The van der Waals surface area contributed by atoms with Gasteiger partial charge in [0.2, 0.25) is 5.82 Å². The summed E-state index contributed by atoms with van der Waals surface area (Å²) in [7, 11) is 0. The zero-order valence-electron chi connectivity index (χ0n) is 15.3. The Morgan fingerprint density at radius 3 is 2.35 bits per heavy atom. The minimum absolute atomic E-state index is 0.528. The van der Waals surface area contributed by atoms with Crippen molar-refractivity contribution in [2.75, 3.05) is 0 Å². The van der Waals surface area contributed by atoms with Gasteiger partial charge in [-0.05, 0) is 55.2 Å². The molecule has 0 saturated heterocycles. The molecule has 4 heteroatoms. The fraction of sp³-hybridized carbons (Fsp3) is 0.409. The lowest BCUT2D eigenvalue weighted by atomic mass is 9.77. The van der Waals surface area contributed by atoms with Crippen LogP contribution in [-0.2, 0) is 0 Å². The Kier molecular flexibility index (Phi) is 5.09. The van der Waals surface area contributed by atoms with Crippen LogP contribution in [0.3, 0.4) is 0 Å². The van der Waals surface area contributed by atoms with E-state index in [1.165, 1.54) is 44.1 Å². The lowest BCUT2D eigenvalue weighted by Crippen LogP contribution is -2.13. The van der Waals surface area contributed by atoms with E-state index < -0.39 is 0 Å². The molecule has 0 unspecified atom stereocenters. The Bertz CT molecular complexity index is 818. The maximum Gasteiger partial charge on any atom is 0.258 e. The highest BCUT2D eigenvalue weighted by Crippen LogP contribution is 2.37. The highest BCUT2D eigenvalue weighted by molar-refractivity contribution is 5.59. The number of rotatable bonds is 5. The average Bonchev–Trinajstić information content (AvgIpc) is 3.20. The molecule has 0 atom stereocenters. The highest BCUT2D eigenvalue weighted by atomic mass is 16.5. The molecule has 0 spiro atoms. The van der Waals surface area contributed by atoms with E-state index >= 15 is 0 Å². The molecule has 1 aliphatic rings. The first-order valence-electron chi connectivity index (χ1n) is 9.68. The maximum atomic E-state index is 5.40. The molecular weight excluding hydrogens is 322 g/mol. The molecular formula is C22H25N3O. The van der Waals surface area contributed by atoms with Crippen molar-refractivity contribution in [2.24, 2.45) is 5.92 Å². The zero-order chi connectivity index (χ0) is 17.8. The third kappa shape index (κ3) is 3.69. The Morgan fingerprint density at radius 2 is 1.65 bits per heavy atom. The van der Waals surface area contributed by atoms with Gasteiger partial charge in [0.25, 0.3) is 5.89 Å². The molecule has 3 aromatic rings. The number of benzene rings is 1. The van der Waals surface area contributed by atoms with Gasteiger partial charge in [-0.15, -0.1) is 0 Å². The molecule has 2 aromatic heterocycles. The molecule has 0 N–H and O–H groups in total. The summed E-state index contributed by atoms with van der Waals surface area (Å²) in [5.41, 5.74) is 3.33. The molecule has 1 aromatic carbocycles. The van der Waals surface area contributed by atoms with Crippen LogP contribution in [0, 0.1) is 5.92 Å². The van der Waals surface area contributed by atoms with Gasteiger partial charge in [0.15, 0.2) is 0 Å².